The number of hydrogen-bond acceptors (Lipinski definition) is 2. The van der Waals surface area contributed by atoms with E-state index < -0.39 is 11.1 Å². The zero-order valence-corrected chi connectivity index (χ0v) is 11.6. The number of carbonyl (C=O) groups excluding carboxylic acids is 1. The van der Waals surface area contributed by atoms with E-state index in [0.29, 0.717) is 0 Å². The Labute approximate surface area is 118 Å². The molecule has 1 saturated heterocycles. The molecule has 1 aliphatic heterocycles. The van der Waals surface area contributed by atoms with Crippen molar-refractivity contribution in [3.63, 3.8) is 0 Å². The lowest BCUT2D eigenvalue weighted by atomic mass is 9.73. The molecule has 0 bridgehead atoms. The van der Waals surface area contributed by atoms with Crippen LogP contribution in [0, 0.1) is 0 Å². The highest BCUT2D eigenvalue weighted by Crippen LogP contribution is 2.46. The maximum atomic E-state index is 11.9. The summed E-state index contributed by atoms with van der Waals surface area (Å²) in [5.41, 5.74) is 0.587. The van der Waals surface area contributed by atoms with Gasteiger partial charge in [0.25, 0.3) is 0 Å². The van der Waals surface area contributed by atoms with Crippen molar-refractivity contribution < 1.29 is 9.53 Å². The summed E-state index contributed by atoms with van der Waals surface area (Å²) in [6.07, 6.45) is -0.386. The molecular formula is C17H17NO2. The van der Waals surface area contributed by atoms with Crippen LogP contribution >= 0.6 is 0 Å². The van der Waals surface area contributed by atoms with Crippen molar-refractivity contribution in [3.05, 3.63) is 71.8 Å². The smallest absolute Gasteiger partial charge is 0.409 e. The van der Waals surface area contributed by atoms with Crippen LogP contribution in [0.5, 0.6) is 0 Å². The van der Waals surface area contributed by atoms with Gasteiger partial charge in [0.1, 0.15) is 0 Å². The van der Waals surface area contributed by atoms with Crippen LogP contribution in [0.2, 0.25) is 0 Å². The molecule has 1 aliphatic rings. The van der Waals surface area contributed by atoms with E-state index in [0.717, 1.165) is 11.1 Å². The van der Waals surface area contributed by atoms with Gasteiger partial charge in [-0.2, -0.15) is 0 Å². The molecule has 3 nitrogen and oxygen atoms in total. The first kappa shape index (κ1) is 12.7. The summed E-state index contributed by atoms with van der Waals surface area (Å²) >= 11 is 0. The Morgan fingerprint density at radius 3 is 1.65 bits per heavy atom. The molecule has 1 N–H and O–H groups in total. The fourth-order valence-electron chi connectivity index (χ4n) is 2.99. The van der Waals surface area contributed by atoms with Gasteiger partial charge in [0.05, 0.1) is 5.54 Å². The molecule has 1 fully saturated rings. The topological polar surface area (TPSA) is 38.3 Å². The number of rotatable bonds is 2. The highest BCUT2D eigenvalue weighted by atomic mass is 16.6. The molecule has 102 valence electrons. The summed E-state index contributed by atoms with van der Waals surface area (Å²) in [7, 11) is 0. The van der Waals surface area contributed by atoms with E-state index in [-0.39, 0.29) is 6.09 Å². The Hall–Kier alpha value is -2.29. The fraction of sp³-hybridized carbons (Fsp3) is 0.235. The van der Waals surface area contributed by atoms with E-state index in [4.69, 9.17) is 4.74 Å². The number of benzene rings is 2. The second-order valence-electron chi connectivity index (χ2n) is 5.55. The highest BCUT2D eigenvalue weighted by Gasteiger charge is 2.57. The molecule has 0 unspecified atom stereocenters. The van der Waals surface area contributed by atoms with E-state index in [2.05, 4.69) is 5.32 Å². The lowest BCUT2D eigenvalue weighted by Crippen LogP contribution is -2.51. The lowest BCUT2D eigenvalue weighted by Gasteiger charge is -2.38. The van der Waals surface area contributed by atoms with Crippen LogP contribution < -0.4 is 5.32 Å². The Balaban J connectivity index is 2.27. The third-order valence-electron chi connectivity index (χ3n) is 3.90. The molecule has 20 heavy (non-hydrogen) atoms. The third-order valence-corrected chi connectivity index (χ3v) is 3.90. The van der Waals surface area contributed by atoms with Crippen LogP contribution in [-0.2, 0) is 10.3 Å². The minimum Gasteiger partial charge on any atom is -0.431 e. The number of cyclic esters (lactones) is 1. The van der Waals surface area contributed by atoms with Crippen molar-refractivity contribution in [2.45, 2.75) is 25.0 Å². The van der Waals surface area contributed by atoms with Crippen LogP contribution in [0.4, 0.5) is 4.79 Å². The molecule has 1 amide bonds. The van der Waals surface area contributed by atoms with Gasteiger partial charge in [-0.05, 0) is 13.8 Å². The van der Waals surface area contributed by atoms with E-state index in [9.17, 15) is 4.79 Å². The Bertz CT molecular complexity index is 580. The fourth-order valence-corrected chi connectivity index (χ4v) is 2.99. The lowest BCUT2D eigenvalue weighted by molar-refractivity contribution is 0.0440. The van der Waals surface area contributed by atoms with Gasteiger partial charge in [0, 0.05) is 11.1 Å². The number of carbonyl (C=O) groups is 1. The third kappa shape index (κ3) is 1.70. The van der Waals surface area contributed by atoms with Crippen LogP contribution in [0.3, 0.4) is 0 Å². The van der Waals surface area contributed by atoms with Crippen LogP contribution in [-0.4, -0.2) is 11.6 Å². The summed E-state index contributed by atoms with van der Waals surface area (Å²) < 4.78 is 5.79. The quantitative estimate of drug-likeness (QED) is 0.905. The molecule has 0 spiro atoms. The molecule has 0 aliphatic carbocycles. The van der Waals surface area contributed by atoms with Gasteiger partial charge in [-0.1, -0.05) is 60.7 Å². The minimum absolute atomic E-state index is 0.386. The number of ether oxygens (including phenoxy) is 1. The van der Waals surface area contributed by atoms with Crippen LogP contribution in [0.25, 0.3) is 0 Å². The predicted octanol–water partition coefficient (Wildman–Crippen LogP) is 3.45. The molecule has 3 rings (SSSR count). The molecule has 0 radical (unpaired) electrons. The predicted molar refractivity (Wildman–Crippen MR) is 77.4 cm³/mol. The van der Waals surface area contributed by atoms with Crippen molar-refractivity contribution in [1.29, 1.82) is 0 Å². The molecule has 2 aromatic carbocycles. The molecule has 0 saturated carbocycles. The second kappa shape index (κ2) is 4.37. The maximum Gasteiger partial charge on any atom is 0.409 e. The molecular weight excluding hydrogens is 250 g/mol. The van der Waals surface area contributed by atoms with Crippen molar-refractivity contribution in [2.75, 3.05) is 0 Å². The van der Waals surface area contributed by atoms with Crippen molar-refractivity contribution in [2.24, 2.45) is 0 Å². The van der Waals surface area contributed by atoms with Gasteiger partial charge < -0.3 is 10.1 Å². The van der Waals surface area contributed by atoms with Gasteiger partial charge in [0.2, 0.25) is 0 Å². The zero-order chi connectivity index (χ0) is 14.2. The van der Waals surface area contributed by atoms with E-state index in [1.165, 1.54) is 0 Å². The largest absolute Gasteiger partial charge is 0.431 e. The summed E-state index contributed by atoms with van der Waals surface area (Å²) in [5.74, 6) is 0. The average Bonchev–Trinajstić information content (AvgIpc) is 2.70. The van der Waals surface area contributed by atoms with Crippen molar-refractivity contribution >= 4 is 6.09 Å². The minimum atomic E-state index is -0.813. The Morgan fingerprint density at radius 1 is 0.850 bits per heavy atom. The molecule has 2 aromatic rings. The normalized spacial score (nSPS) is 19.2. The Kier molecular flexibility index (Phi) is 2.78. The van der Waals surface area contributed by atoms with Gasteiger partial charge in [-0.15, -0.1) is 0 Å². The number of hydrogen-bond donors (Lipinski definition) is 1. The molecule has 3 heteroatoms. The van der Waals surface area contributed by atoms with Crippen LogP contribution in [0.1, 0.15) is 25.0 Å². The average molecular weight is 267 g/mol. The number of amides is 1. The van der Waals surface area contributed by atoms with Crippen molar-refractivity contribution in [3.8, 4) is 0 Å². The number of nitrogens with one attached hydrogen (secondary N) is 1. The summed E-state index contributed by atoms with van der Waals surface area (Å²) in [6.45, 7) is 3.97. The monoisotopic (exact) mass is 267 g/mol. The molecule has 0 aromatic heterocycles. The highest BCUT2D eigenvalue weighted by molar-refractivity contribution is 5.74. The first-order chi connectivity index (χ1) is 9.56. The summed E-state index contributed by atoms with van der Waals surface area (Å²) in [5, 5.41) is 2.92. The van der Waals surface area contributed by atoms with E-state index in [1.807, 2.05) is 74.5 Å². The number of alkyl carbamates (subject to hydrolysis) is 1. The molecule has 0 atom stereocenters. The van der Waals surface area contributed by atoms with Crippen LogP contribution in [0.15, 0.2) is 60.7 Å². The standard InChI is InChI=1S/C17H17NO2/c1-16(2)17(20-15(19)18-16,13-9-5-3-6-10-13)14-11-7-4-8-12-14/h3-12H,1-2H3,(H,18,19). The van der Waals surface area contributed by atoms with Crippen molar-refractivity contribution in [1.82, 2.24) is 5.32 Å². The molecule has 1 heterocycles. The SMILES string of the molecule is CC1(C)NC(=O)OC1(c1ccccc1)c1ccccc1. The first-order valence-corrected chi connectivity index (χ1v) is 6.68. The Morgan fingerprint density at radius 2 is 1.30 bits per heavy atom. The first-order valence-electron chi connectivity index (χ1n) is 6.68. The maximum absolute atomic E-state index is 11.9. The van der Waals surface area contributed by atoms with Gasteiger partial charge in [-0.3, -0.25) is 0 Å². The van der Waals surface area contributed by atoms with E-state index in [1.54, 1.807) is 0 Å². The second-order valence-corrected chi connectivity index (χ2v) is 5.55. The summed E-state index contributed by atoms with van der Waals surface area (Å²) in [6, 6.07) is 19.7. The zero-order valence-electron chi connectivity index (χ0n) is 11.6. The van der Waals surface area contributed by atoms with Gasteiger partial charge >= 0.3 is 6.09 Å². The van der Waals surface area contributed by atoms with E-state index >= 15 is 0 Å². The van der Waals surface area contributed by atoms with Gasteiger partial charge in [-0.25, -0.2) is 4.79 Å². The van der Waals surface area contributed by atoms with Gasteiger partial charge in [0.15, 0.2) is 5.60 Å². The summed E-state index contributed by atoms with van der Waals surface area (Å²) in [4.78, 5) is 11.9.